The van der Waals surface area contributed by atoms with E-state index in [9.17, 15) is 0 Å². The zero-order valence-corrected chi connectivity index (χ0v) is 39.9. The van der Waals surface area contributed by atoms with Gasteiger partial charge in [0.2, 0.25) is 0 Å². The number of rotatable bonds is 12. The van der Waals surface area contributed by atoms with Gasteiger partial charge in [0.25, 0.3) is 0 Å². The highest BCUT2D eigenvalue weighted by molar-refractivity contribution is 7.20. The second-order valence-corrected chi connectivity index (χ2v) is 20.9. The Kier molecular flexibility index (Phi) is 10.3. The van der Waals surface area contributed by atoms with Gasteiger partial charge in [-0.05, 0) is 108 Å². The first kappa shape index (κ1) is 41.0. The van der Waals surface area contributed by atoms with E-state index < -0.39 is 0 Å². The smallest absolute Gasteiger partial charge is 0.180 e. The van der Waals surface area contributed by atoms with Gasteiger partial charge in [0.1, 0.15) is 59.9 Å². The predicted molar refractivity (Wildman–Crippen MR) is 275 cm³/mol. The normalized spacial score (nSPS) is 13.5. The summed E-state index contributed by atoms with van der Waals surface area (Å²) in [5, 5.41) is 6.50. The fourth-order valence-electron chi connectivity index (χ4n) is 9.37. The average molecular weight is 977 g/mol. The fourth-order valence-corrected chi connectivity index (χ4v) is 13.8. The number of fused-ring (bicyclic) bond motifs is 6. The number of aryl methyl sites for hydroxylation is 2. The molecule has 6 N–H and O–H groups in total. The lowest BCUT2D eigenvalue weighted by atomic mass is 10.00. The van der Waals surface area contributed by atoms with E-state index in [1.807, 2.05) is 0 Å². The maximum atomic E-state index is 6.65. The Bertz CT molecular complexity index is 3420. The van der Waals surface area contributed by atoms with Gasteiger partial charge in [-0.1, -0.05) is 24.3 Å². The zero-order valence-electron chi connectivity index (χ0n) is 35.8. The second-order valence-electron chi connectivity index (χ2n) is 16.4. The number of nitrogens with one attached hydrogen (secondary N) is 2. The number of aromatic amines is 2. The monoisotopic (exact) mass is 976 g/mol. The van der Waals surface area contributed by atoms with Crippen LogP contribution in [0, 0.1) is 0 Å². The number of nitrogens with two attached hydrogens (primary N) is 2. The van der Waals surface area contributed by atoms with Gasteiger partial charge in [0.15, 0.2) is 23.0 Å². The molecule has 0 bridgehead atoms. The SMILES string of the molecule is NCCCc1c[nH]c2ccc(-c3sc(-c4c5nsnc5c(-c5sc(-c6ccc7[nH]cc(CCCN)c7c6)c6c5OCCO6)c5nc(-c6cccs6)c(-c6cccs6)nc45)c4c3OCCO4)cc12. The van der Waals surface area contributed by atoms with Crippen molar-refractivity contribution in [3.63, 3.8) is 0 Å². The Labute approximate surface area is 403 Å². The molecule has 0 spiro atoms. The number of benzene rings is 3. The molecule has 0 amide bonds. The molecule has 334 valence electrons. The average Bonchev–Trinajstić information content (AvgIpc) is 4.24. The van der Waals surface area contributed by atoms with Gasteiger partial charge in [-0.15, -0.1) is 45.3 Å². The van der Waals surface area contributed by atoms with Crippen LogP contribution in [0.15, 0.2) is 83.8 Å². The summed E-state index contributed by atoms with van der Waals surface area (Å²) >= 11 is 7.72. The molecule has 0 saturated carbocycles. The third-order valence-corrected chi connectivity index (χ3v) is 17.2. The van der Waals surface area contributed by atoms with E-state index in [4.69, 9.17) is 49.1 Å². The van der Waals surface area contributed by atoms with Crippen LogP contribution in [0.5, 0.6) is 23.0 Å². The van der Waals surface area contributed by atoms with Crippen LogP contribution >= 0.6 is 57.1 Å². The Balaban J connectivity index is 1.09. The van der Waals surface area contributed by atoms with Crippen molar-refractivity contribution in [3.8, 4) is 85.9 Å². The summed E-state index contributed by atoms with van der Waals surface area (Å²) in [7, 11) is 0. The van der Waals surface area contributed by atoms with E-state index >= 15 is 0 Å². The minimum Gasteiger partial charge on any atom is -0.485 e. The molecule has 12 nitrogen and oxygen atoms in total. The molecule has 10 heterocycles. The maximum absolute atomic E-state index is 6.65. The molecule has 0 saturated heterocycles. The first-order valence-corrected chi connectivity index (χ1v) is 26.3. The van der Waals surface area contributed by atoms with Crippen LogP contribution < -0.4 is 30.4 Å². The third-order valence-electron chi connectivity index (χ3n) is 12.5. The second kappa shape index (κ2) is 16.9. The van der Waals surface area contributed by atoms with Gasteiger partial charge < -0.3 is 40.4 Å². The Morgan fingerprint density at radius 2 is 0.985 bits per heavy atom. The van der Waals surface area contributed by atoms with Crippen molar-refractivity contribution in [2.45, 2.75) is 25.7 Å². The number of nitrogens with zero attached hydrogens (tertiary/aromatic N) is 4. The van der Waals surface area contributed by atoms with Gasteiger partial charge in [-0.2, -0.15) is 8.75 Å². The predicted octanol–water partition coefficient (Wildman–Crippen LogP) is 12.2. The van der Waals surface area contributed by atoms with Gasteiger partial charge in [0.05, 0.1) is 52.1 Å². The van der Waals surface area contributed by atoms with Crippen molar-refractivity contribution in [1.82, 2.24) is 28.7 Å². The topological polar surface area (TPSA) is 172 Å². The molecule has 0 radical (unpaired) electrons. The molecule has 17 heteroatoms. The Morgan fingerprint density at radius 1 is 0.537 bits per heavy atom. The van der Waals surface area contributed by atoms with Gasteiger partial charge >= 0.3 is 0 Å². The quantitative estimate of drug-likeness (QED) is 0.0923. The fraction of sp³-hybridized carbons (Fsp3) is 0.200. The number of H-pyrrole nitrogens is 2. The van der Waals surface area contributed by atoms with Crippen molar-refractivity contribution in [3.05, 3.63) is 94.9 Å². The highest BCUT2D eigenvalue weighted by Gasteiger charge is 2.35. The summed E-state index contributed by atoms with van der Waals surface area (Å²) in [5.41, 5.74) is 24.6. The van der Waals surface area contributed by atoms with Gasteiger partial charge in [-0.3, -0.25) is 0 Å². The molecule has 0 atom stereocenters. The van der Waals surface area contributed by atoms with Crippen LogP contribution in [0.25, 0.3) is 107 Å². The molecule has 8 aromatic heterocycles. The number of aromatic nitrogens is 6. The lowest BCUT2D eigenvalue weighted by Gasteiger charge is -2.19. The van der Waals surface area contributed by atoms with E-state index in [2.05, 4.69) is 93.8 Å². The number of hydrogen-bond acceptors (Lipinski definition) is 15. The van der Waals surface area contributed by atoms with Crippen LogP contribution in [0.3, 0.4) is 0 Å². The van der Waals surface area contributed by atoms with E-state index in [0.717, 1.165) is 99.6 Å². The van der Waals surface area contributed by atoms with Crippen LogP contribution in [0.2, 0.25) is 0 Å². The molecule has 0 aliphatic carbocycles. The van der Waals surface area contributed by atoms with Crippen LogP contribution in [-0.2, 0) is 12.8 Å². The first-order valence-electron chi connectivity index (χ1n) is 22.2. The van der Waals surface area contributed by atoms with Crippen LogP contribution in [-0.4, -0.2) is 68.2 Å². The minimum atomic E-state index is 0.407. The van der Waals surface area contributed by atoms with Crippen LogP contribution in [0.4, 0.5) is 0 Å². The molecule has 67 heavy (non-hydrogen) atoms. The number of thiophene rings is 4. The highest BCUT2D eigenvalue weighted by atomic mass is 32.1. The summed E-state index contributed by atoms with van der Waals surface area (Å²) in [6.07, 6.45) is 7.79. The van der Waals surface area contributed by atoms with Gasteiger partial charge in [0, 0.05) is 34.2 Å². The Morgan fingerprint density at radius 3 is 1.40 bits per heavy atom. The number of hydrogen-bond donors (Lipinski definition) is 4. The van der Waals surface area contributed by atoms with Crippen molar-refractivity contribution in [2.24, 2.45) is 11.5 Å². The zero-order chi connectivity index (χ0) is 44.6. The first-order chi connectivity index (χ1) is 33.1. The van der Waals surface area contributed by atoms with Crippen molar-refractivity contribution >= 4 is 101 Å². The maximum Gasteiger partial charge on any atom is 0.180 e. The summed E-state index contributed by atoms with van der Waals surface area (Å²) < 4.78 is 36.7. The minimum absolute atomic E-state index is 0.407. The summed E-state index contributed by atoms with van der Waals surface area (Å²) in [5.74, 6) is 2.78. The van der Waals surface area contributed by atoms with Crippen molar-refractivity contribution in [1.29, 1.82) is 0 Å². The third kappa shape index (κ3) is 6.77. The van der Waals surface area contributed by atoms with E-state index in [1.54, 1.807) is 45.3 Å². The van der Waals surface area contributed by atoms with Gasteiger partial charge in [-0.25, -0.2) is 9.97 Å². The molecule has 3 aromatic carbocycles. The summed E-state index contributed by atoms with van der Waals surface area (Å²) in [6.45, 7) is 2.95. The van der Waals surface area contributed by atoms with Crippen molar-refractivity contribution < 1.29 is 18.9 Å². The highest BCUT2D eigenvalue weighted by Crippen LogP contribution is 2.60. The van der Waals surface area contributed by atoms with E-state index in [0.29, 0.717) is 84.6 Å². The van der Waals surface area contributed by atoms with Crippen LogP contribution in [0.1, 0.15) is 24.0 Å². The summed E-state index contributed by atoms with van der Waals surface area (Å²) in [6, 6.07) is 21.4. The summed E-state index contributed by atoms with van der Waals surface area (Å²) in [4.78, 5) is 24.1. The molecule has 0 fully saturated rings. The molecule has 11 aromatic rings. The van der Waals surface area contributed by atoms with Crippen molar-refractivity contribution in [2.75, 3.05) is 39.5 Å². The molecule has 2 aliphatic rings. The molecular weight excluding hydrogens is 937 g/mol. The Hall–Kier alpha value is -6.18. The van der Waals surface area contributed by atoms with E-state index in [1.165, 1.54) is 33.6 Å². The molecular formula is C50H40N8O4S5. The number of ether oxygens (including phenoxy) is 4. The lowest BCUT2D eigenvalue weighted by molar-refractivity contribution is 0.175. The molecule has 2 aliphatic heterocycles. The van der Waals surface area contributed by atoms with E-state index in [-0.39, 0.29) is 0 Å². The lowest BCUT2D eigenvalue weighted by Crippen LogP contribution is -2.15. The molecule has 13 rings (SSSR count). The standard InChI is InChI=1S/C50H40N8O4S5/c51-13-1-5-27-23-53-31-11-9-25(21-29(27)31)47-43-45(61-17-15-59-43)49(65-47)35-39-40(56-38(34-8-4-20-64-34)37(55-39)33-7-3-19-63-33)36(42-41(35)57-67-58-42)50-46-44(60-16-18-62-46)48(66-50)26-10-12-32-30(22-26)28(24-54-32)6-2-14-52/h3-4,7-12,19-24,53-54H,1-2,5-6,13-18,51-52H2. The molecule has 0 unspecified atom stereocenters. The largest absolute Gasteiger partial charge is 0.485 e.